The summed E-state index contributed by atoms with van der Waals surface area (Å²) < 4.78 is 0.820. The van der Waals surface area contributed by atoms with Gasteiger partial charge in [-0.1, -0.05) is 24.3 Å². The predicted molar refractivity (Wildman–Crippen MR) is 81.4 cm³/mol. The van der Waals surface area contributed by atoms with E-state index in [2.05, 4.69) is 20.9 Å². The van der Waals surface area contributed by atoms with Crippen molar-refractivity contribution in [1.82, 2.24) is 9.88 Å². The number of hydrogen-bond donors (Lipinski definition) is 0. The molecule has 1 aliphatic rings. The van der Waals surface area contributed by atoms with Crippen LogP contribution in [0, 0.1) is 0 Å². The van der Waals surface area contributed by atoms with Gasteiger partial charge in [0.1, 0.15) is 4.60 Å². The number of nitrogens with zero attached hydrogens (tertiary/aromatic N) is 2. The molecule has 1 saturated heterocycles. The SMILES string of the molecule is O=C(c1ccccc1)N1CCC[C@@H]1c1ccc(Br)nc1. The number of aromatic nitrogens is 1. The van der Waals surface area contributed by atoms with E-state index in [4.69, 9.17) is 0 Å². The largest absolute Gasteiger partial charge is 0.332 e. The average molecular weight is 331 g/mol. The fourth-order valence-corrected chi connectivity index (χ4v) is 2.92. The molecule has 3 nitrogen and oxygen atoms in total. The van der Waals surface area contributed by atoms with Gasteiger partial charge in [0.25, 0.3) is 5.91 Å². The van der Waals surface area contributed by atoms with Crippen LogP contribution < -0.4 is 0 Å². The molecule has 0 bridgehead atoms. The third kappa shape index (κ3) is 2.61. The van der Waals surface area contributed by atoms with Crippen molar-refractivity contribution in [3.05, 3.63) is 64.4 Å². The number of halogens is 1. The van der Waals surface area contributed by atoms with E-state index in [0.717, 1.165) is 35.1 Å². The Bertz CT molecular complexity index is 598. The van der Waals surface area contributed by atoms with Gasteiger partial charge in [0.15, 0.2) is 0 Å². The minimum absolute atomic E-state index is 0.107. The average Bonchev–Trinajstić information content (AvgIpc) is 2.97. The molecule has 0 aliphatic carbocycles. The van der Waals surface area contributed by atoms with Crippen molar-refractivity contribution < 1.29 is 4.79 Å². The van der Waals surface area contributed by atoms with Crippen LogP contribution in [0.25, 0.3) is 0 Å². The molecule has 2 aromatic rings. The van der Waals surface area contributed by atoms with Gasteiger partial charge in [-0.25, -0.2) is 4.98 Å². The van der Waals surface area contributed by atoms with Crippen molar-refractivity contribution >= 4 is 21.8 Å². The lowest BCUT2D eigenvalue weighted by Crippen LogP contribution is -2.30. The Hall–Kier alpha value is -1.68. The summed E-state index contributed by atoms with van der Waals surface area (Å²) in [4.78, 5) is 18.8. The highest BCUT2D eigenvalue weighted by atomic mass is 79.9. The van der Waals surface area contributed by atoms with E-state index < -0.39 is 0 Å². The molecule has 1 fully saturated rings. The van der Waals surface area contributed by atoms with Crippen LogP contribution >= 0.6 is 15.9 Å². The summed E-state index contributed by atoms with van der Waals surface area (Å²) in [6.45, 7) is 0.814. The Labute approximate surface area is 126 Å². The Balaban J connectivity index is 1.86. The molecular weight excluding hydrogens is 316 g/mol. The molecule has 1 aromatic carbocycles. The highest BCUT2D eigenvalue weighted by molar-refractivity contribution is 9.10. The molecule has 20 heavy (non-hydrogen) atoms. The lowest BCUT2D eigenvalue weighted by atomic mass is 10.1. The molecule has 1 aromatic heterocycles. The topological polar surface area (TPSA) is 33.2 Å². The van der Waals surface area contributed by atoms with Crippen LogP contribution in [-0.4, -0.2) is 22.3 Å². The first kappa shape index (κ1) is 13.3. The molecule has 0 N–H and O–H groups in total. The fraction of sp³-hybridized carbons (Fsp3) is 0.250. The van der Waals surface area contributed by atoms with Gasteiger partial charge in [-0.05, 0) is 52.5 Å². The van der Waals surface area contributed by atoms with E-state index in [1.165, 1.54) is 0 Å². The molecule has 4 heteroatoms. The number of amides is 1. The lowest BCUT2D eigenvalue weighted by molar-refractivity contribution is 0.0735. The first-order chi connectivity index (χ1) is 9.75. The number of benzene rings is 1. The molecule has 1 amide bonds. The number of carbonyl (C=O) groups is 1. The zero-order valence-corrected chi connectivity index (χ0v) is 12.6. The molecule has 2 heterocycles. The van der Waals surface area contributed by atoms with Crippen LogP contribution in [0.1, 0.15) is 34.8 Å². The van der Waals surface area contributed by atoms with Crippen molar-refractivity contribution in [2.45, 2.75) is 18.9 Å². The van der Waals surface area contributed by atoms with Crippen LogP contribution in [0.3, 0.4) is 0 Å². The van der Waals surface area contributed by atoms with Gasteiger partial charge in [-0.3, -0.25) is 4.79 Å². The maximum Gasteiger partial charge on any atom is 0.254 e. The van der Waals surface area contributed by atoms with Gasteiger partial charge in [0.05, 0.1) is 6.04 Å². The lowest BCUT2D eigenvalue weighted by Gasteiger charge is -2.25. The van der Waals surface area contributed by atoms with E-state index in [0.29, 0.717) is 0 Å². The van der Waals surface area contributed by atoms with E-state index in [-0.39, 0.29) is 11.9 Å². The summed E-state index contributed by atoms with van der Waals surface area (Å²) >= 11 is 3.34. The van der Waals surface area contributed by atoms with E-state index >= 15 is 0 Å². The zero-order chi connectivity index (χ0) is 13.9. The van der Waals surface area contributed by atoms with Gasteiger partial charge in [-0.2, -0.15) is 0 Å². The van der Waals surface area contributed by atoms with Gasteiger partial charge in [0, 0.05) is 18.3 Å². The third-order valence-corrected chi connectivity index (χ3v) is 4.14. The van der Waals surface area contributed by atoms with Crippen LogP contribution in [0.15, 0.2) is 53.3 Å². The maximum atomic E-state index is 12.6. The summed E-state index contributed by atoms with van der Waals surface area (Å²) in [7, 11) is 0. The molecule has 3 rings (SSSR count). The minimum atomic E-state index is 0.107. The molecule has 0 radical (unpaired) electrons. The summed E-state index contributed by atoms with van der Waals surface area (Å²) in [6, 6.07) is 13.6. The Morgan fingerprint density at radius 1 is 1.20 bits per heavy atom. The number of carbonyl (C=O) groups excluding carboxylic acids is 1. The molecule has 1 atom stereocenters. The van der Waals surface area contributed by atoms with Gasteiger partial charge < -0.3 is 4.90 Å². The second-order valence-corrected chi connectivity index (χ2v) is 5.75. The minimum Gasteiger partial charge on any atom is -0.332 e. The molecule has 0 saturated carbocycles. The summed E-state index contributed by atoms with van der Waals surface area (Å²) in [5, 5.41) is 0. The van der Waals surface area contributed by atoms with Crippen LogP contribution in [0.4, 0.5) is 0 Å². The smallest absolute Gasteiger partial charge is 0.254 e. The normalized spacial score (nSPS) is 18.2. The first-order valence-electron chi connectivity index (χ1n) is 6.73. The molecule has 1 aliphatic heterocycles. The van der Waals surface area contributed by atoms with Crippen molar-refractivity contribution in [3.8, 4) is 0 Å². The highest BCUT2D eigenvalue weighted by Gasteiger charge is 2.30. The van der Waals surface area contributed by atoms with Crippen molar-refractivity contribution in [3.63, 3.8) is 0 Å². The Morgan fingerprint density at radius 2 is 2.00 bits per heavy atom. The number of likely N-dealkylation sites (tertiary alicyclic amines) is 1. The predicted octanol–water partition coefficient (Wildman–Crippen LogP) is 3.82. The monoisotopic (exact) mass is 330 g/mol. The second-order valence-electron chi connectivity index (χ2n) is 4.94. The second kappa shape index (κ2) is 5.75. The van der Waals surface area contributed by atoms with Crippen LogP contribution in [0.2, 0.25) is 0 Å². The van der Waals surface area contributed by atoms with Crippen LogP contribution in [-0.2, 0) is 0 Å². The molecule has 0 spiro atoms. The number of pyridine rings is 1. The van der Waals surface area contributed by atoms with E-state index in [1.807, 2.05) is 53.6 Å². The zero-order valence-electron chi connectivity index (χ0n) is 11.0. The van der Waals surface area contributed by atoms with Crippen molar-refractivity contribution in [2.24, 2.45) is 0 Å². The number of rotatable bonds is 2. The Morgan fingerprint density at radius 3 is 2.70 bits per heavy atom. The highest BCUT2D eigenvalue weighted by Crippen LogP contribution is 2.33. The standard InChI is InChI=1S/C16H15BrN2O/c17-15-9-8-13(11-18-15)14-7-4-10-19(14)16(20)12-5-2-1-3-6-12/h1-3,5-6,8-9,11,14H,4,7,10H2/t14-/m1/s1. The van der Waals surface area contributed by atoms with Gasteiger partial charge >= 0.3 is 0 Å². The molecule has 0 unspecified atom stereocenters. The summed E-state index contributed by atoms with van der Waals surface area (Å²) in [5.74, 6) is 0.107. The van der Waals surface area contributed by atoms with Crippen molar-refractivity contribution in [2.75, 3.05) is 6.54 Å². The quantitative estimate of drug-likeness (QED) is 0.784. The maximum absolute atomic E-state index is 12.6. The van der Waals surface area contributed by atoms with Gasteiger partial charge in [-0.15, -0.1) is 0 Å². The number of hydrogen-bond acceptors (Lipinski definition) is 2. The van der Waals surface area contributed by atoms with Gasteiger partial charge in [0.2, 0.25) is 0 Å². The summed E-state index contributed by atoms with van der Waals surface area (Å²) in [6.07, 6.45) is 3.90. The molecular formula is C16H15BrN2O. The first-order valence-corrected chi connectivity index (χ1v) is 7.52. The summed E-state index contributed by atoms with van der Waals surface area (Å²) in [5.41, 5.74) is 1.86. The third-order valence-electron chi connectivity index (χ3n) is 3.67. The van der Waals surface area contributed by atoms with Crippen LogP contribution in [0.5, 0.6) is 0 Å². The van der Waals surface area contributed by atoms with E-state index in [1.54, 1.807) is 0 Å². The fourth-order valence-electron chi connectivity index (χ4n) is 2.69. The molecule has 102 valence electrons. The Kier molecular flexibility index (Phi) is 3.83. The van der Waals surface area contributed by atoms with Crippen molar-refractivity contribution in [1.29, 1.82) is 0 Å². The van der Waals surface area contributed by atoms with E-state index in [9.17, 15) is 4.79 Å².